The molecule has 1 N–H and O–H groups in total. The van der Waals surface area contributed by atoms with Crippen LogP contribution in [-0.2, 0) is 29.5 Å². The van der Waals surface area contributed by atoms with E-state index >= 15 is 0 Å². The molecule has 2 aromatic carbocycles. The van der Waals surface area contributed by atoms with E-state index < -0.39 is 11.9 Å². The van der Waals surface area contributed by atoms with E-state index in [0.717, 1.165) is 16.9 Å². The number of ketones is 1. The van der Waals surface area contributed by atoms with Crippen molar-refractivity contribution in [2.24, 2.45) is 5.92 Å². The zero-order valence-corrected chi connectivity index (χ0v) is 20.0. The molecule has 0 bridgehead atoms. The summed E-state index contributed by atoms with van der Waals surface area (Å²) in [6.07, 6.45) is 2.06. The minimum atomic E-state index is -0.786. The van der Waals surface area contributed by atoms with Crippen molar-refractivity contribution in [2.45, 2.75) is 58.8 Å². The summed E-state index contributed by atoms with van der Waals surface area (Å²) in [5, 5.41) is 10.6. The molecule has 4 rings (SSSR count). The molecule has 0 amide bonds. The van der Waals surface area contributed by atoms with Crippen LogP contribution in [0.15, 0.2) is 36.4 Å². The summed E-state index contributed by atoms with van der Waals surface area (Å²) < 4.78 is 6.87. The van der Waals surface area contributed by atoms with Crippen LogP contribution in [0.25, 0.3) is 10.1 Å². The fourth-order valence-electron chi connectivity index (χ4n) is 4.83. The molecule has 0 saturated heterocycles. The molecule has 4 nitrogen and oxygen atoms in total. The Morgan fingerprint density at radius 2 is 1.94 bits per heavy atom. The van der Waals surface area contributed by atoms with E-state index in [4.69, 9.17) is 4.74 Å². The molecule has 1 aliphatic rings. The maximum absolute atomic E-state index is 13.2. The highest BCUT2D eigenvalue weighted by atomic mass is 32.1. The molecular formula is C27H30O4S. The highest BCUT2D eigenvalue weighted by Crippen LogP contribution is 2.41. The lowest BCUT2D eigenvalue weighted by Crippen LogP contribution is -2.14. The molecule has 168 valence electrons. The summed E-state index contributed by atoms with van der Waals surface area (Å²) in [5.74, 6) is -0.239. The lowest BCUT2D eigenvalue weighted by Gasteiger charge is -2.21. The standard InChI is InChI=1S/C27H30O4S/c1-5-31-18-9-10-20-24(15-18)32-23(25(20)27(2,3)4)12-11-22(28)19-8-6-7-16-13-17(26(29)30)14-21(16)19/h6-10,15,17H,5,11-14H2,1-4H3,(H,29,30). The van der Waals surface area contributed by atoms with E-state index in [0.29, 0.717) is 37.9 Å². The number of rotatable bonds is 7. The molecule has 0 spiro atoms. The van der Waals surface area contributed by atoms with Gasteiger partial charge in [-0.1, -0.05) is 39.0 Å². The van der Waals surface area contributed by atoms with Gasteiger partial charge in [0.15, 0.2) is 5.78 Å². The average Bonchev–Trinajstić information content (AvgIpc) is 3.33. The minimum Gasteiger partial charge on any atom is -0.494 e. The molecule has 1 unspecified atom stereocenters. The summed E-state index contributed by atoms with van der Waals surface area (Å²) in [5.41, 5.74) is 3.90. The lowest BCUT2D eigenvalue weighted by atomic mass is 9.84. The van der Waals surface area contributed by atoms with Crippen molar-refractivity contribution in [3.63, 3.8) is 0 Å². The Kier molecular flexibility index (Phi) is 6.13. The number of carbonyl (C=O) groups excluding carboxylic acids is 1. The molecule has 1 aliphatic carbocycles. The van der Waals surface area contributed by atoms with Crippen LogP contribution in [0.1, 0.15) is 66.0 Å². The Morgan fingerprint density at radius 1 is 1.16 bits per heavy atom. The Balaban J connectivity index is 1.61. The normalized spacial score (nSPS) is 15.7. The second-order valence-corrected chi connectivity index (χ2v) is 10.7. The number of ether oxygens (including phenoxy) is 1. The van der Waals surface area contributed by atoms with Gasteiger partial charge >= 0.3 is 5.97 Å². The van der Waals surface area contributed by atoms with Gasteiger partial charge in [-0.2, -0.15) is 0 Å². The van der Waals surface area contributed by atoms with Crippen LogP contribution in [0.4, 0.5) is 0 Å². The average molecular weight is 451 g/mol. The molecule has 0 aliphatic heterocycles. The smallest absolute Gasteiger partial charge is 0.307 e. The maximum Gasteiger partial charge on any atom is 0.307 e. The van der Waals surface area contributed by atoms with Gasteiger partial charge in [0.25, 0.3) is 0 Å². The van der Waals surface area contributed by atoms with Gasteiger partial charge in [0.2, 0.25) is 0 Å². The van der Waals surface area contributed by atoms with Gasteiger partial charge < -0.3 is 9.84 Å². The molecule has 32 heavy (non-hydrogen) atoms. The number of hydrogen-bond acceptors (Lipinski definition) is 4. The first-order chi connectivity index (χ1) is 15.2. The molecule has 0 radical (unpaired) electrons. The van der Waals surface area contributed by atoms with Gasteiger partial charge in [-0.15, -0.1) is 11.3 Å². The Bertz CT molecular complexity index is 1180. The van der Waals surface area contributed by atoms with Crippen molar-refractivity contribution in [3.05, 3.63) is 63.5 Å². The summed E-state index contributed by atoms with van der Waals surface area (Å²) in [7, 11) is 0. The molecule has 1 heterocycles. The Labute approximate surface area is 193 Å². The second-order valence-electron chi connectivity index (χ2n) is 9.55. The van der Waals surface area contributed by atoms with E-state index in [1.165, 1.54) is 20.5 Å². The zero-order valence-electron chi connectivity index (χ0n) is 19.2. The highest BCUT2D eigenvalue weighted by molar-refractivity contribution is 7.19. The largest absolute Gasteiger partial charge is 0.494 e. The summed E-state index contributed by atoms with van der Waals surface area (Å²) >= 11 is 1.75. The van der Waals surface area contributed by atoms with E-state index in [9.17, 15) is 14.7 Å². The molecular weight excluding hydrogens is 420 g/mol. The van der Waals surface area contributed by atoms with Gasteiger partial charge in [0.1, 0.15) is 5.75 Å². The lowest BCUT2D eigenvalue weighted by molar-refractivity contribution is -0.141. The number of benzene rings is 2. The van der Waals surface area contributed by atoms with Crippen molar-refractivity contribution in [3.8, 4) is 5.75 Å². The number of hydrogen-bond donors (Lipinski definition) is 1. The molecule has 5 heteroatoms. The van der Waals surface area contributed by atoms with E-state index in [1.54, 1.807) is 11.3 Å². The first-order valence-corrected chi connectivity index (χ1v) is 12.1. The van der Waals surface area contributed by atoms with Crippen LogP contribution in [0, 0.1) is 5.92 Å². The van der Waals surface area contributed by atoms with Crippen molar-refractivity contribution < 1.29 is 19.4 Å². The van der Waals surface area contributed by atoms with Crippen LogP contribution < -0.4 is 4.74 Å². The number of fused-ring (bicyclic) bond motifs is 2. The number of carboxylic acids is 1. The molecule has 0 saturated carbocycles. The maximum atomic E-state index is 13.2. The summed E-state index contributed by atoms with van der Waals surface area (Å²) in [4.78, 5) is 25.9. The van der Waals surface area contributed by atoms with Crippen LogP contribution in [-0.4, -0.2) is 23.5 Å². The Hall–Kier alpha value is -2.66. The first kappa shape index (κ1) is 22.5. The zero-order chi connectivity index (χ0) is 23.0. The van der Waals surface area contributed by atoms with Gasteiger partial charge in [-0.25, -0.2) is 0 Å². The monoisotopic (exact) mass is 450 g/mol. The molecule has 0 fully saturated rings. The fraction of sp³-hybridized carbons (Fsp3) is 0.407. The van der Waals surface area contributed by atoms with Gasteiger partial charge in [-0.05, 0) is 71.9 Å². The predicted octanol–water partition coefficient (Wildman–Crippen LogP) is 6.21. The van der Waals surface area contributed by atoms with E-state index in [-0.39, 0.29) is 11.2 Å². The van der Waals surface area contributed by atoms with Crippen molar-refractivity contribution >= 4 is 33.2 Å². The third-order valence-electron chi connectivity index (χ3n) is 6.21. The topological polar surface area (TPSA) is 63.6 Å². The quantitative estimate of drug-likeness (QED) is 0.435. The van der Waals surface area contributed by atoms with Gasteiger partial charge in [0, 0.05) is 21.6 Å². The SMILES string of the molecule is CCOc1ccc2c(C(C)(C)C)c(CCC(=O)c3cccc4c3CC(C(=O)O)C4)sc2c1. The summed E-state index contributed by atoms with van der Waals surface area (Å²) in [6, 6.07) is 11.9. The second kappa shape index (κ2) is 8.70. The number of carboxylic acid groups (broad SMARTS) is 1. The van der Waals surface area contributed by atoms with E-state index in [2.05, 4.69) is 32.9 Å². The van der Waals surface area contributed by atoms with Crippen molar-refractivity contribution in [1.29, 1.82) is 0 Å². The molecule has 1 atom stereocenters. The predicted molar refractivity (Wildman–Crippen MR) is 129 cm³/mol. The minimum absolute atomic E-state index is 0.0353. The van der Waals surface area contributed by atoms with Crippen LogP contribution in [0.3, 0.4) is 0 Å². The van der Waals surface area contributed by atoms with Gasteiger partial charge in [0.05, 0.1) is 12.5 Å². The number of Topliss-reactive ketones (excluding diaryl/α,β-unsaturated/α-hetero) is 1. The third-order valence-corrected chi connectivity index (χ3v) is 7.43. The third kappa shape index (κ3) is 4.31. The van der Waals surface area contributed by atoms with Crippen LogP contribution >= 0.6 is 11.3 Å². The highest BCUT2D eigenvalue weighted by Gasteiger charge is 2.30. The van der Waals surface area contributed by atoms with E-state index in [1.807, 2.05) is 31.2 Å². The number of aliphatic carboxylic acids is 1. The molecule has 1 aromatic heterocycles. The Morgan fingerprint density at radius 3 is 2.62 bits per heavy atom. The molecule has 3 aromatic rings. The van der Waals surface area contributed by atoms with Gasteiger partial charge in [-0.3, -0.25) is 9.59 Å². The number of carbonyl (C=O) groups is 2. The number of aryl methyl sites for hydroxylation is 1. The van der Waals surface area contributed by atoms with Crippen LogP contribution in [0.5, 0.6) is 5.75 Å². The summed E-state index contributed by atoms with van der Waals surface area (Å²) in [6.45, 7) is 9.26. The van der Waals surface area contributed by atoms with Crippen LogP contribution in [0.2, 0.25) is 0 Å². The number of thiophene rings is 1. The van der Waals surface area contributed by atoms with Crippen molar-refractivity contribution in [2.75, 3.05) is 6.61 Å². The first-order valence-electron chi connectivity index (χ1n) is 11.2. The fourth-order valence-corrected chi connectivity index (χ4v) is 6.27. The van der Waals surface area contributed by atoms with Crippen molar-refractivity contribution in [1.82, 2.24) is 0 Å².